The quantitative estimate of drug-likeness (QED) is 0.161. The SMILES string of the molecule is C/C=C\C.C=C1c2ccccc2-c2cccc(Cc3cccc(-n4c5ccccc5c5cc(-c6cccc(-c7ccccc7)c6)ccc54)c3)c21.CC. The maximum atomic E-state index is 4.51. The Morgan fingerprint density at radius 1 is 0.481 bits per heavy atom. The topological polar surface area (TPSA) is 4.93 Å². The van der Waals surface area contributed by atoms with E-state index in [-0.39, 0.29) is 0 Å². The Morgan fingerprint density at radius 2 is 1.08 bits per heavy atom. The molecule has 1 heteroatoms. The highest BCUT2D eigenvalue weighted by molar-refractivity contribution is 6.10. The van der Waals surface area contributed by atoms with Gasteiger partial charge in [0.15, 0.2) is 0 Å². The molecular weight excluding hydrogens is 627 g/mol. The third kappa shape index (κ3) is 6.43. The van der Waals surface area contributed by atoms with Crippen molar-refractivity contribution >= 4 is 27.4 Å². The largest absolute Gasteiger partial charge is 0.309 e. The maximum Gasteiger partial charge on any atom is 0.0541 e. The average Bonchev–Trinajstić information content (AvgIpc) is 3.71. The number of nitrogens with zero attached hydrogens (tertiary/aromatic N) is 1. The fourth-order valence-electron chi connectivity index (χ4n) is 7.41. The molecule has 1 aliphatic rings. The highest BCUT2D eigenvalue weighted by Crippen LogP contribution is 2.45. The number of fused-ring (bicyclic) bond motifs is 6. The van der Waals surface area contributed by atoms with Crippen LogP contribution in [-0.4, -0.2) is 4.57 Å². The van der Waals surface area contributed by atoms with Crippen molar-refractivity contribution in [3.63, 3.8) is 0 Å². The fourth-order valence-corrected chi connectivity index (χ4v) is 7.41. The highest BCUT2D eigenvalue weighted by Gasteiger charge is 2.24. The molecule has 1 heterocycles. The first-order valence-corrected chi connectivity index (χ1v) is 18.4. The van der Waals surface area contributed by atoms with E-state index in [4.69, 9.17) is 0 Å². The van der Waals surface area contributed by atoms with Crippen LogP contribution in [0.5, 0.6) is 0 Å². The van der Waals surface area contributed by atoms with E-state index in [2.05, 4.69) is 175 Å². The Labute approximate surface area is 308 Å². The summed E-state index contributed by atoms with van der Waals surface area (Å²) in [5.74, 6) is 0. The Kier molecular flexibility index (Phi) is 10.1. The molecule has 0 unspecified atom stereocenters. The fraction of sp³-hybridized carbons (Fsp3) is 0.0980. The first-order valence-electron chi connectivity index (χ1n) is 18.4. The number of para-hydroxylation sites is 1. The van der Waals surface area contributed by atoms with Crippen molar-refractivity contribution in [3.8, 4) is 39.1 Å². The van der Waals surface area contributed by atoms with E-state index in [0.29, 0.717) is 0 Å². The van der Waals surface area contributed by atoms with Crippen LogP contribution >= 0.6 is 0 Å². The van der Waals surface area contributed by atoms with Crippen molar-refractivity contribution in [1.29, 1.82) is 0 Å². The van der Waals surface area contributed by atoms with Crippen LogP contribution in [0.25, 0.3) is 66.4 Å². The van der Waals surface area contributed by atoms with Crippen LogP contribution in [0.1, 0.15) is 49.9 Å². The zero-order chi connectivity index (χ0) is 36.0. The molecule has 0 saturated heterocycles. The van der Waals surface area contributed by atoms with Crippen molar-refractivity contribution in [2.75, 3.05) is 0 Å². The predicted octanol–water partition coefficient (Wildman–Crippen LogP) is 14.4. The van der Waals surface area contributed by atoms with Gasteiger partial charge in [0.25, 0.3) is 0 Å². The molecular formula is C51H45N. The van der Waals surface area contributed by atoms with Crippen molar-refractivity contribution in [3.05, 3.63) is 205 Å². The van der Waals surface area contributed by atoms with Crippen LogP contribution in [0.2, 0.25) is 0 Å². The maximum absolute atomic E-state index is 4.51. The third-order valence-electron chi connectivity index (χ3n) is 9.87. The molecule has 8 aromatic rings. The Balaban J connectivity index is 0.000000658. The van der Waals surface area contributed by atoms with Crippen LogP contribution in [0.15, 0.2) is 183 Å². The summed E-state index contributed by atoms with van der Waals surface area (Å²) in [5.41, 5.74) is 17.4. The standard InChI is InChI=1S/C45H31N.C4H8.C2H6/c1-30-38-19-5-6-20-39(38)41-22-11-17-36(45(30)41)26-31-12-9-18-37(27-31)46-43-23-8-7-21-40(43)42-29-35(24-25-44(42)46)34-16-10-15-33(28-34)32-13-3-2-4-14-32;1-3-4-2;1-2/h2-25,27-29H,1,26H2;3-4H,1-2H3;1-2H3/b;4-3-;. The minimum absolute atomic E-state index is 0.850. The summed E-state index contributed by atoms with van der Waals surface area (Å²) < 4.78 is 2.42. The summed E-state index contributed by atoms with van der Waals surface area (Å²) in [7, 11) is 0. The summed E-state index contributed by atoms with van der Waals surface area (Å²) in [6, 6.07) is 59.5. The van der Waals surface area contributed by atoms with E-state index < -0.39 is 0 Å². The van der Waals surface area contributed by atoms with Gasteiger partial charge in [-0.2, -0.15) is 0 Å². The van der Waals surface area contributed by atoms with Gasteiger partial charge in [0.2, 0.25) is 0 Å². The summed E-state index contributed by atoms with van der Waals surface area (Å²) >= 11 is 0. The lowest BCUT2D eigenvalue weighted by Gasteiger charge is -2.13. The molecule has 0 atom stereocenters. The normalized spacial score (nSPS) is 11.5. The predicted molar refractivity (Wildman–Crippen MR) is 226 cm³/mol. The molecule has 0 spiro atoms. The van der Waals surface area contributed by atoms with Crippen LogP contribution < -0.4 is 0 Å². The number of aromatic nitrogens is 1. The van der Waals surface area contributed by atoms with Crippen LogP contribution in [0.4, 0.5) is 0 Å². The van der Waals surface area contributed by atoms with E-state index in [1.54, 1.807) is 0 Å². The summed E-state index contributed by atoms with van der Waals surface area (Å²) in [5, 5.41) is 2.53. The minimum atomic E-state index is 0.850. The molecule has 254 valence electrons. The monoisotopic (exact) mass is 671 g/mol. The van der Waals surface area contributed by atoms with Crippen LogP contribution in [0.3, 0.4) is 0 Å². The molecule has 1 nitrogen and oxygen atoms in total. The van der Waals surface area contributed by atoms with Gasteiger partial charge in [-0.25, -0.2) is 0 Å². The lowest BCUT2D eigenvalue weighted by Crippen LogP contribution is -1.98. The van der Waals surface area contributed by atoms with Crippen molar-refractivity contribution in [2.45, 2.75) is 34.1 Å². The smallest absolute Gasteiger partial charge is 0.0541 e. The van der Waals surface area contributed by atoms with E-state index in [1.807, 2.05) is 39.8 Å². The van der Waals surface area contributed by atoms with Gasteiger partial charge in [-0.15, -0.1) is 0 Å². The summed E-state index contributed by atoms with van der Waals surface area (Å²) in [4.78, 5) is 0. The van der Waals surface area contributed by atoms with Crippen molar-refractivity contribution < 1.29 is 0 Å². The van der Waals surface area contributed by atoms with Crippen LogP contribution in [0, 0.1) is 0 Å². The molecule has 7 aromatic carbocycles. The molecule has 0 aliphatic heterocycles. The number of hydrogen-bond donors (Lipinski definition) is 0. The Morgan fingerprint density at radius 3 is 1.87 bits per heavy atom. The molecule has 0 N–H and O–H groups in total. The number of benzene rings is 7. The van der Waals surface area contributed by atoms with Crippen molar-refractivity contribution in [1.82, 2.24) is 4.57 Å². The zero-order valence-corrected chi connectivity index (χ0v) is 30.6. The second kappa shape index (κ2) is 15.4. The van der Waals surface area contributed by atoms with Gasteiger partial charge in [-0.3, -0.25) is 0 Å². The molecule has 0 radical (unpaired) electrons. The van der Waals surface area contributed by atoms with Gasteiger partial charge < -0.3 is 4.57 Å². The summed E-state index contributed by atoms with van der Waals surface area (Å²) in [6.45, 7) is 12.5. The lowest BCUT2D eigenvalue weighted by molar-refractivity contribution is 1.13. The number of allylic oxidation sites excluding steroid dienone is 2. The van der Waals surface area contributed by atoms with Gasteiger partial charge in [-0.05, 0) is 118 Å². The average molecular weight is 672 g/mol. The van der Waals surface area contributed by atoms with E-state index in [1.165, 1.54) is 83.1 Å². The number of hydrogen-bond acceptors (Lipinski definition) is 0. The zero-order valence-electron chi connectivity index (χ0n) is 30.6. The second-order valence-corrected chi connectivity index (χ2v) is 12.9. The highest BCUT2D eigenvalue weighted by atomic mass is 15.0. The molecule has 0 amide bonds. The first kappa shape index (κ1) is 34.3. The van der Waals surface area contributed by atoms with Crippen molar-refractivity contribution in [2.24, 2.45) is 0 Å². The lowest BCUT2D eigenvalue weighted by atomic mass is 9.94. The van der Waals surface area contributed by atoms with Gasteiger partial charge in [0.1, 0.15) is 0 Å². The van der Waals surface area contributed by atoms with Crippen LogP contribution in [-0.2, 0) is 6.42 Å². The first-order chi connectivity index (χ1) is 25.6. The second-order valence-electron chi connectivity index (χ2n) is 12.9. The molecule has 0 bridgehead atoms. The van der Waals surface area contributed by atoms with E-state index in [0.717, 1.165) is 12.0 Å². The van der Waals surface area contributed by atoms with Gasteiger partial charge in [-0.1, -0.05) is 160 Å². The Bertz CT molecular complexity index is 2540. The van der Waals surface area contributed by atoms with E-state index in [9.17, 15) is 0 Å². The van der Waals surface area contributed by atoms with E-state index >= 15 is 0 Å². The Hall–Kier alpha value is -6.18. The van der Waals surface area contributed by atoms with Gasteiger partial charge >= 0.3 is 0 Å². The molecule has 52 heavy (non-hydrogen) atoms. The molecule has 0 fully saturated rings. The minimum Gasteiger partial charge on any atom is -0.309 e. The molecule has 9 rings (SSSR count). The number of rotatable bonds is 5. The molecule has 1 aromatic heterocycles. The summed E-state index contributed by atoms with van der Waals surface area (Å²) in [6.07, 6.45) is 4.85. The van der Waals surface area contributed by atoms with Gasteiger partial charge in [0.05, 0.1) is 11.0 Å². The molecule has 0 saturated carbocycles. The van der Waals surface area contributed by atoms with Gasteiger partial charge in [0, 0.05) is 16.5 Å². The third-order valence-corrected chi connectivity index (χ3v) is 9.87. The molecule has 1 aliphatic carbocycles.